The van der Waals surface area contributed by atoms with Crippen molar-refractivity contribution in [3.05, 3.63) is 20.2 Å². The van der Waals surface area contributed by atoms with Crippen molar-refractivity contribution in [3.8, 4) is 47.4 Å². The lowest BCUT2D eigenvalue weighted by Crippen LogP contribution is -2.47. The minimum absolute atomic E-state index is 0.140. The Balaban J connectivity index is 4.12. The zero-order valence-electron chi connectivity index (χ0n) is 15.4. The Hall–Kier alpha value is -3.29. The van der Waals surface area contributed by atoms with Gasteiger partial charge in [-0.05, 0) is 6.42 Å². The molecule has 0 N–H and O–H groups in total. The van der Waals surface area contributed by atoms with Crippen molar-refractivity contribution >= 4 is 6.29 Å². The van der Waals surface area contributed by atoms with Gasteiger partial charge in [-0.15, -0.1) is 11.8 Å². The van der Waals surface area contributed by atoms with Crippen LogP contribution in [0.5, 0.6) is 0 Å². The van der Waals surface area contributed by atoms with E-state index in [1.165, 1.54) is 12.8 Å². The van der Waals surface area contributed by atoms with Gasteiger partial charge >= 0.3 is 5.66 Å². The smallest absolute Gasteiger partial charge is 0.287 e. The summed E-state index contributed by atoms with van der Waals surface area (Å²) >= 11 is 0. The van der Waals surface area contributed by atoms with Crippen molar-refractivity contribution in [1.82, 2.24) is 0 Å². The third-order valence-electron chi connectivity index (χ3n) is 3.37. The summed E-state index contributed by atoms with van der Waals surface area (Å²) in [6, 6.07) is 0. The molecule has 0 aromatic rings. The van der Waals surface area contributed by atoms with Crippen LogP contribution in [0.4, 0.5) is 0 Å². The van der Waals surface area contributed by atoms with E-state index < -0.39 is 21.9 Å². The number of nitrogens with zero attached hydrogens (tertiary/aromatic N) is 2. The van der Waals surface area contributed by atoms with Gasteiger partial charge in [0.2, 0.25) is 0 Å². The first-order valence-electron chi connectivity index (χ1n) is 8.59. The summed E-state index contributed by atoms with van der Waals surface area (Å²) in [6.07, 6.45) is 4.58. The molecule has 0 aliphatic heterocycles. The molecule has 0 rings (SSSR count). The van der Waals surface area contributed by atoms with Gasteiger partial charge in [-0.1, -0.05) is 55.3 Å². The summed E-state index contributed by atoms with van der Waals surface area (Å²) < 4.78 is 0. The molecule has 0 aromatic carbocycles. The SMILES string of the molecule is CCCCCC#CCC#CCC#CCC#CCCC(C=O)([N+](=O)[O-])[N+](=O)[O-]. The molecular weight excluding hydrogens is 348 g/mol. The fraction of sp³-hybridized carbons (Fsp3) is 0.550. The Bertz CT molecular complexity index is 743. The number of carbonyl (C=O) groups excluding carboxylic acids is 1. The van der Waals surface area contributed by atoms with E-state index in [1.807, 2.05) is 0 Å². The standard InChI is InChI=1S/C20H22N2O5/c1-2-3-4-5-6-7-8-9-10-11-12-13-14-15-16-17-18-20(19-23,21(24)25)22(26)27/h19H,2-5,8,11,14,17-18H2,1H3. The van der Waals surface area contributed by atoms with Crippen molar-refractivity contribution in [2.45, 2.75) is 70.4 Å². The molecule has 7 nitrogen and oxygen atoms in total. The molecule has 0 aliphatic carbocycles. The Labute approximate surface area is 159 Å². The molecule has 0 amide bonds. The lowest BCUT2D eigenvalue weighted by atomic mass is 10.1. The molecule has 0 heterocycles. The van der Waals surface area contributed by atoms with Crippen LogP contribution in [0.3, 0.4) is 0 Å². The van der Waals surface area contributed by atoms with Crippen LogP contribution >= 0.6 is 0 Å². The van der Waals surface area contributed by atoms with E-state index in [2.05, 4.69) is 54.3 Å². The minimum Gasteiger partial charge on any atom is -0.287 e. The summed E-state index contributed by atoms with van der Waals surface area (Å²) in [4.78, 5) is 29.8. The molecule has 0 radical (unpaired) electrons. The van der Waals surface area contributed by atoms with Crippen LogP contribution in [0.2, 0.25) is 0 Å². The summed E-state index contributed by atoms with van der Waals surface area (Å²) in [6.45, 7) is 2.15. The van der Waals surface area contributed by atoms with Crippen LogP contribution in [-0.4, -0.2) is 21.8 Å². The second-order valence-corrected chi connectivity index (χ2v) is 5.41. The van der Waals surface area contributed by atoms with E-state index in [4.69, 9.17) is 0 Å². The lowest BCUT2D eigenvalue weighted by Gasteiger charge is -2.08. The van der Waals surface area contributed by atoms with Crippen LogP contribution in [0.15, 0.2) is 0 Å². The molecule has 0 saturated heterocycles. The molecule has 7 heteroatoms. The number of unbranched alkanes of at least 4 members (excludes halogenated alkanes) is 3. The molecule has 0 saturated carbocycles. The van der Waals surface area contributed by atoms with E-state index in [0.717, 1.165) is 12.8 Å². The topological polar surface area (TPSA) is 103 Å². The predicted octanol–water partition coefficient (Wildman–Crippen LogP) is 2.98. The highest BCUT2D eigenvalue weighted by atomic mass is 16.7. The monoisotopic (exact) mass is 370 g/mol. The van der Waals surface area contributed by atoms with Gasteiger partial charge in [0.25, 0.3) is 6.29 Å². The molecule has 0 spiro atoms. The number of rotatable bonds is 8. The molecule has 0 fully saturated rings. The summed E-state index contributed by atoms with van der Waals surface area (Å²) in [5.74, 6) is 22.6. The van der Waals surface area contributed by atoms with Crippen molar-refractivity contribution in [2.75, 3.05) is 0 Å². The molecule has 0 atom stereocenters. The van der Waals surface area contributed by atoms with Gasteiger partial charge < -0.3 is 0 Å². The maximum atomic E-state index is 10.7. The largest absolute Gasteiger partial charge is 0.513 e. The first-order chi connectivity index (χ1) is 13.0. The normalized spacial score (nSPS) is 9.07. The number of hydrogen-bond donors (Lipinski definition) is 0. The van der Waals surface area contributed by atoms with E-state index in [0.29, 0.717) is 12.8 Å². The predicted molar refractivity (Wildman–Crippen MR) is 101 cm³/mol. The second kappa shape index (κ2) is 15.0. The zero-order valence-corrected chi connectivity index (χ0v) is 15.4. The Morgan fingerprint density at radius 2 is 1.22 bits per heavy atom. The average Bonchev–Trinajstić information content (AvgIpc) is 2.64. The van der Waals surface area contributed by atoms with E-state index >= 15 is 0 Å². The maximum absolute atomic E-state index is 10.7. The molecule has 0 unspecified atom stereocenters. The highest BCUT2D eigenvalue weighted by Crippen LogP contribution is 2.15. The van der Waals surface area contributed by atoms with Crippen molar-refractivity contribution in [2.24, 2.45) is 0 Å². The fourth-order valence-corrected chi connectivity index (χ4v) is 1.79. The van der Waals surface area contributed by atoms with Crippen LogP contribution in [0, 0.1) is 67.6 Å². The van der Waals surface area contributed by atoms with Crippen LogP contribution in [0.1, 0.15) is 64.7 Å². The highest BCUT2D eigenvalue weighted by molar-refractivity contribution is 5.59. The average molecular weight is 370 g/mol. The lowest BCUT2D eigenvalue weighted by molar-refractivity contribution is -0.774. The first kappa shape index (κ1) is 23.7. The van der Waals surface area contributed by atoms with Crippen LogP contribution in [0.25, 0.3) is 0 Å². The number of carbonyl (C=O) groups is 1. The summed E-state index contributed by atoms with van der Waals surface area (Å²) in [5, 5.41) is 21.5. The molecule has 142 valence electrons. The molecule has 0 bridgehead atoms. The number of aldehydes is 1. The van der Waals surface area contributed by atoms with Gasteiger partial charge in [0.15, 0.2) is 0 Å². The number of nitro groups is 2. The van der Waals surface area contributed by atoms with Gasteiger partial charge in [-0.3, -0.25) is 25.0 Å². The fourth-order valence-electron chi connectivity index (χ4n) is 1.79. The molecule has 27 heavy (non-hydrogen) atoms. The number of hydrogen-bond acceptors (Lipinski definition) is 5. The molecular formula is C20H22N2O5. The van der Waals surface area contributed by atoms with Crippen LogP contribution < -0.4 is 0 Å². The van der Waals surface area contributed by atoms with Gasteiger partial charge in [-0.25, -0.2) is 0 Å². The minimum atomic E-state index is -2.82. The van der Waals surface area contributed by atoms with Crippen molar-refractivity contribution in [3.63, 3.8) is 0 Å². The first-order valence-corrected chi connectivity index (χ1v) is 8.59. The van der Waals surface area contributed by atoms with E-state index in [-0.39, 0.29) is 19.1 Å². The molecule has 0 aliphatic rings. The van der Waals surface area contributed by atoms with Gasteiger partial charge in [-0.2, -0.15) is 0 Å². The Kier molecular flexibility index (Phi) is 13.2. The zero-order chi connectivity index (χ0) is 20.4. The summed E-state index contributed by atoms with van der Waals surface area (Å²) in [5.41, 5.74) is -2.82. The van der Waals surface area contributed by atoms with Crippen molar-refractivity contribution in [1.29, 1.82) is 0 Å². The summed E-state index contributed by atoms with van der Waals surface area (Å²) in [7, 11) is 0. The van der Waals surface area contributed by atoms with Crippen LogP contribution in [-0.2, 0) is 4.79 Å². The van der Waals surface area contributed by atoms with Gasteiger partial charge in [0.05, 0.1) is 19.3 Å². The quantitative estimate of drug-likeness (QED) is 0.163. The van der Waals surface area contributed by atoms with Gasteiger partial charge in [0, 0.05) is 12.8 Å². The highest BCUT2D eigenvalue weighted by Gasteiger charge is 2.55. The van der Waals surface area contributed by atoms with Crippen molar-refractivity contribution < 1.29 is 14.6 Å². The third kappa shape index (κ3) is 10.3. The maximum Gasteiger partial charge on any atom is 0.513 e. The third-order valence-corrected chi connectivity index (χ3v) is 3.37. The Morgan fingerprint density at radius 3 is 1.63 bits per heavy atom. The van der Waals surface area contributed by atoms with Gasteiger partial charge in [0.1, 0.15) is 16.3 Å². The van der Waals surface area contributed by atoms with E-state index in [9.17, 15) is 25.0 Å². The Morgan fingerprint density at radius 1 is 0.778 bits per heavy atom. The second-order valence-electron chi connectivity index (χ2n) is 5.41. The molecule has 0 aromatic heterocycles. The van der Waals surface area contributed by atoms with E-state index in [1.54, 1.807) is 0 Å².